The van der Waals surface area contributed by atoms with Gasteiger partial charge in [-0.15, -0.1) is 5.06 Å². The number of unbranched alkanes of at least 4 members (excludes halogenated alkanes) is 8. The molecule has 5 nitrogen and oxygen atoms in total. The van der Waals surface area contributed by atoms with Gasteiger partial charge in [-0.3, -0.25) is 14.4 Å². The van der Waals surface area contributed by atoms with E-state index in [1.54, 1.807) is 0 Å². The van der Waals surface area contributed by atoms with Crippen molar-refractivity contribution < 1.29 is 19.2 Å². The predicted molar refractivity (Wildman–Crippen MR) is 88.1 cm³/mol. The lowest BCUT2D eigenvalue weighted by Crippen LogP contribution is -2.33. The van der Waals surface area contributed by atoms with Gasteiger partial charge in [0.05, 0.1) is 0 Å². The van der Waals surface area contributed by atoms with Crippen molar-refractivity contribution in [1.82, 2.24) is 5.06 Å². The molecule has 1 aliphatic heterocycles. The summed E-state index contributed by atoms with van der Waals surface area (Å²) in [5.74, 6) is -0.786. The first-order chi connectivity index (χ1) is 10.6. The van der Waals surface area contributed by atoms with Crippen LogP contribution < -0.4 is 0 Å². The van der Waals surface area contributed by atoms with E-state index < -0.39 is 21.3 Å². The zero-order valence-corrected chi connectivity index (χ0v) is 15.2. The second kappa shape index (κ2) is 11.4. The highest BCUT2D eigenvalue weighted by Crippen LogP contribution is 2.13. The zero-order chi connectivity index (χ0) is 16.2. The van der Waals surface area contributed by atoms with Crippen molar-refractivity contribution in [1.29, 1.82) is 0 Å². The fraction of sp³-hybridized carbons (Fsp3) is 0.812. The van der Waals surface area contributed by atoms with Gasteiger partial charge in [-0.25, -0.2) is 0 Å². The molecular weight excluding hydrogens is 298 g/mol. The molecule has 0 N–H and O–H groups in total. The number of amides is 2. The largest absolute Gasteiger partial charge is 0.338 e. The molecule has 0 aromatic carbocycles. The molecule has 0 saturated carbocycles. The van der Waals surface area contributed by atoms with E-state index in [0.29, 0.717) is 5.06 Å². The van der Waals surface area contributed by atoms with Crippen LogP contribution >= 0.6 is 0 Å². The molecule has 22 heavy (non-hydrogen) atoms. The quantitative estimate of drug-likeness (QED) is 0.313. The fourth-order valence-corrected chi connectivity index (χ4v) is 3.67. The molecule has 0 atom stereocenters. The van der Waals surface area contributed by atoms with E-state index in [2.05, 4.69) is 6.92 Å². The molecular formula is C16H29NO4Si. The molecule has 0 spiro atoms. The van der Waals surface area contributed by atoms with Crippen LogP contribution in [0.3, 0.4) is 0 Å². The topological polar surface area (TPSA) is 63.7 Å². The lowest BCUT2D eigenvalue weighted by Gasteiger charge is -2.12. The first-order valence-corrected chi connectivity index (χ1v) is 10.4. The minimum atomic E-state index is -1.00. The summed E-state index contributed by atoms with van der Waals surface area (Å²) in [5.41, 5.74) is -0.344. The smallest absolute Gasteiger partial charge is 0.293 e. The van der Waals surface area contributed by atoms with Gasteiger partial charge in [0.15, 0.2) is 9.52 Å². The van der Waals surface area contributed by atoms with Crippen molar-refractivity contribution in [2.24, 2.45) is 0 Å². The van der Waals surface area contributed by atoms with Gasteiger partial charge in [-0.2, -0.15) is 0 Å². The molecule has 1 saturated heterocycles. The number of carbonyl (C=O) groups excluding carboxylic acids is 3. The Morgan fingerprint density at radius 3 is 2.00 bits per heavy atom. The number of rotatable bonds is 12. The Morgan fingerprint density at radius 2 is 1.45 bits per heavy atom. The summed E-state index contributed by atoms with van der Waals surface area (Å²) in [7, 11) is -1.00. The predicted octanol–water partition coefficient (Wildman–Crippen LogP) is 3.30. The molecule has 0 bridgehead atoms. The third-order valence-electron chi connectivity index (χ3n) is 3.93. The van der Waals surface area contributed by atoms with E-state index in [1.807, 2.05) is 0 Å². The first kappa shape index (κ1) is 18.9. The zero-order valence-electron chi connectivity index (χ0n) is 13.8. The molecule has 0 aromatic heterocycles. The van der Waals surface area contributed by atoms with Gasteiger partial charge in [-0.1, -0.05) is 70.8 Å². The van der Waals surface area contributed by atoms with E-state index in [4.69, 9.17) is 4.84 Å². The number of hydrogen-bond donors (Lipinski definition) is 0. The Hall–Kier alpha value is -1.17. The summed E-state index contributed by atoms with van der Waals surface area (Å²) in [5, 5.41) is 0.658. The van der Waals surface area contributed by atoms with Crippen LogP contribution in [0.4, 0.5) is 4.79 Å². The molecule has 0 unspecified atom stereocenters. The van der Waals surface area contributed by atoms with Crippen LogP contribution in [0.5, 0.6) is 0 Å². The maximum absolute atomic E-state index is 11.6. The van der Waals surface area contributed by atoms with E-state index in [9.17, 15) is 14.4 Å². The second-order valence-electron chi connectivity index (χ2n) is 5.98. The van der Waals surface area contributed by atoms with E-state index in [-0.39, 0.29) is 18.4 Å². The van der Waals surface area contributed by atoms with Crippen LogP contribution in [-0.2, 0) is 14.4 Å². The van der Waals surface area contributed by atoms with Crippen molar-refractivity contribution in [3.63, 3.8) is 0 Å². The van der Waals surface area contributed by atoms with Crippen molar-refractivity contribution >= 4 is 26.9 Å². The highest BCUT2D eigenvalue weighted by molar-refractivity contribution is 6.71. The molecule has 1 rings (SSSR count). The summed E-state index contributed by atoms with van der Waals surface area (Å²) in [6, 6.07) is 0.894. The van der Waals surface area contributed by atoms with Gasteiger partial charge < -0.3 is 4.84 Å². The van der Waals surface area contributed by atoms with Crippen LogP contribution in [-0.4, -0.2) is 32.0 Å². The molecule has 2 amide bonds. The van der Waals surface area contributed by atoms with Gasteiger partial charge in [-0.05, 0) is 0 Å². The molecule has 1 aliphatic rings. The molecule has 1 heterocycles. The maximum Gasteiger partial charge on any atom is 0.293 e. The molecule has 126 valence electrons. The fourth-order valence-electron chi connectivity index (χ4n) is 2.56. The van der Waals surface area contributed by atoms with E-state index in [1.165, 1.54) is 44.9 Å². The van der Waals surface area contributed by atoms with Gasteiger partial charge >= 0.3 is 0 Å². The Morgan fingerprint density at radius 1 is 0.955 bits per heavy atom. The van der Waals surface area contributed by atoms with Gasteiger partial charge in [0.2, 0.25) is 0 Å². The Bertz CT molecular complexity index is 357. The van der Waals surface area contributed by atoms with E-state index >= 15 is 0 Å². The number of hydrogen-bond acceptors (Lipinski definition) is 4. The van der Waals surface area contributed by atoms with Crippen molar-refractivity contribution in [3.8, 4) is 0 Å². The van der Waals surface area contributed by atoms with E-state index in [0.717, 1.165) is 18.9 Å². The normalized spacial score (nSPS) is 15.2. The lowest BCUT2D eigenvalue weighted by molar-refractivity contribution is -0.169. The second-order valence-corrected chi connectivity index (χ2v) is 7.76. The van der Waals surface area contributed by atoms with Gasteiger partial charge in [0.25, 0.3) is 17.4 Å². The Balaban J connectivity index is 1.93. The van der Waals surface area contributed by atoms with Gasteiger partial charge in [0, 0.05) is 12.8 Å². The standard InChI is InChI=1S/C16H29NO4Si/c1-2-3-4-5-6-7-8-9-10-13-22-16(20)21-17-14(18)11-12-15(17)19/h2-13,22H2,1H3. The molecule has 0 aromatic rings. The number of carbonyl (C=O) groups is 3. The van der Waals surface area contributed by atoms with Crippen LogP contribution in [0.1, 0.15) is 77.6 Å². The summed E-state index contributed by atoms with van der Waals surface area (Å²) in [6.07, 6.45) is 11.7. The minimum Gasteiger partial charge on any atom is -0.338 e. The summed E-state index contributed by atoms with van der Waals surface area (Å²) in [6.45, 7) is 2.23. The molecule has 0 aliphatic carbocycles. The molecule has 6 heteroatoms. The number of hydroxylamine groups is 2. The van der Waals surface area contributed by atoms with Crippen LogP contribution in [0, 0.1) is 0 Å². The number of imide groups is 1. The highest BCUT2D eigenvalue weighted by Gasteiger charge is 2.32. The lowest BCUT2D eigenvalue weighted by atomic mass is 10.1. The van der Waals surface area contributed by atoms with Crippen LogP contribution in [0.25, 0.3) is 0 Å². The first-order valence-electron chi connectivity index (χ1n) is 8.71. The minimum absolute atomic E-state index is 0.159. The Labute approximate surface area is 135 Å². The highest BCUT2D eigenvalue weighted by atomic mass is 28.2. The SMILES string of the molecule is CCCCCCCCCCC[SiH2]C(=O)ON1C(=O)CCC1=O. The third-order valence-corrected chi connectivity index (χ3v) is 5.32. The summed E-state index contributed by atoms with van der Waals surface area (Å²) < 4.78 is 0. The maximum atomic E-state index is 11.6. The average molecular weight is 327 g/mol. The monoisotopic (exact) mass is 327 g/mol. The Kier molecular flexibility index (Phi) is 9.78. The average Bonchev–Trinajstić information content (AvgIpc) is 2.81. The number of nitrogens with zero attached hydrogens (tertiary/aromatic N) is 1. The summed E-state index contributed by atoms with van der Waals surface area (Å²) >= 11 is 0. The van der Waals surface area contributed by atoms with Crippen molar-refractivity contribution in [3.05, 3.63) is 0 Å². The molecule has 0 radical (unpaired) electrons. The summed E-state index contributed by atoms with van der Waals surface area (Å²) in [4.78, 5) is 39.1. The van der Waals surface area contributed by atoms with Crippen LogP contribution in [0.15, 0.2) is 0 Å². The van der Waals surface area contributed by atoms with Gasteiger partial charge in [0.1, 0.15) is 0 Å². The van der Waals surface area contributed by atoms with Crippen molar-refractivity contribution in [2.45, 2.75) is 83.6 Å². The van der Waals surface area contributed by atoms with Crippen molar-refractivity contribution in [2.75, 3.05) is 0 Å². The third kappa shape index (κ3) is 7.73. The van der Waals surface area contributed by atoms with Crippen LogP contribution in [0.2, 0.25) is 6.04 Å². The molecule has 1 fully saturated rings.